The van der Waals surface area contributed by atoms with Crippen LogP contribution in [0.4, 0.5) is 13.2 Å². The minimum Gasteiger partial charge on any atom is -0.481 e. The first-order valence-corrected chi connectivity index (χ1v) is 12.1. The predicted molar refractivity (Wildman–Crippen MR) is 127 cm³/mol. The Bertz CT molecular complexity index is 1310. The number of hydrogen-bond acceptors (Lipinski definition) is 4. The van der Waals surface area contributed by atoms with Crippen molar-refractivity contribution in [2.24, 2.45) is 0 Å². The summed E-state index contributed by atoms with van der Waals surface area (Å²) in [5.74, 6) is -0.797. The van der Waals surface area contributed by atoms with Crippen LogP contribution in [0.15, 0.2) is 71.6 Å². The molecule has 0 spiro atoms. The molecule has 3 aromatic carbocycles. The number of ether oxygens (including phenoxy) is 1. The maximum Gasteiger partial charge on any atom is 0.416 e. The number of nitrogens with zero attached hydrogens (tertiary/aromatic N) is 1. The zero-order chi connectivity index (χ0) is 25.8. The fourth-order valence-corrected chi connectivity index (χ4v) is 4.84. The van der Waals surface area contributed by atoms with Gasteiger partial charge in [-0.05, 0) is 48.0 Å². The molecule has 0 fully saturated rings. The number of sulfonamides is 1. The van der Waals surface area contributed by atoms with Gasteiger partial charge in [-0.3, -0.25) is 4.79 Å². The van der Waals surface area contributed by atoms with E-state index in [0.29, 0.717) is 5.56 Å². The molecule has 0 aliphatic rings. The van der Waals surface area contributed by atoms with Gasteiger partial charge in [0.05, 0.1) is 16.9 Å². The van der Waals surface area contributed by atoms with Gasteiger partial charge in [0.25, 0.3) is 0 Å². The lowest BCUT2D eigenvalue weighted by atomic mass is 9.97. The molecule has 0 heterocycles. The van der Waals surface area contributed by atoms with Crippen LogP contribution < -0.4 is 10.2 Å². The van der Waals surface area contributed by atoms with Crippen molar-refractivity contribution < 1.29 is 36.2 Å². The van der Waals surface area contributed by atoms with Crippen molar-refractivity contribution >= 4 is 29.3 Å². The number of hydrogen-bond donors (Lipinski definition) is 1. The summed E-state index contributed by atoms with van der Waals surface area (Å²) in [6.45, 7) is 1.25. The highest BCUT2D eigenvalue weighted by molar-refractivity contribution is 7.89. The SMILES string of the molecule is Bc1ccc(S(=O)(=O)N(CC)Cc2cc(C(F)(F)F)ccc2Oc2cccc(CC(=O)O)c2)cc1. The maximum absolute atomic E-state index is 13.4. The van der Waals surface area contributed by atoms with E-state index in [1.165, 1.54) is 24.3 Å². The maximum atomic E-state index is 13.4. The van der Waals surface area contributed by atoms with E-state index in [2.05, 4.69) is 0 Å². The number of alkyl halides is 3. The smallest absolute Gasteiger partial charge is 0.416 e. The van der Waals surface area contributed by atoms with Crippen LogP contribution in [0.2, 0.25) is 0 Å². The second-order valence-electron chi connectivity index (χ2n) is 7.88. The minimum atomic E-state index is -4.64. The molecule has 184 valence electrons. The van der Waals surface area contributed by atoms with E-state index in [1.807, 2.05) is 7.85 Å². The topological polar surface area (TPSA) is 83.9 Å². The zero-order valence-corrected chi connectivity index (χ0v) is 19.9. The molecule has 0 aliphatic carbocycles. The van der Waals surface area contributed by atoms with Crippen LogP contribution in [0.5, 0.6) is 11.5 Å². The molecular weight excluding hydrogens is 482 g/mol. The van der Waals surface area contributed by atoms with Crippen molar-refractivity contribution in [3.63, 3.8) is 0 Å². The van der Waals surface area contributed by atoms with E-state index in [4.69, 9.17) is 9.84 Å². The Morgan fingerprint density at radius 2 is 1.74 bits per heavy atom. The van der Waals surface area contributed by atoms with E-state index < -0.39 is 27.7 Å². The number of rotatable bonds is 9. The Morgan fingerprint density at radius 1 is 1.06 bits per heavy atom. The average Bonchev–Trinajstić information content (AvgIpc) is 2.77. The van der Waals surface area contributed by atoms with Crippen LogP contribution in [-0.4, -0.2) is 38.2 Å². The van der Waals surface area contributed by atoms with Gasteiger partial charge in [0.2, 0.25) is 10.0 Å². The molecule has 3 rings (SSSR count). The molecule has 6 nitrogen and oxygen atoms in total. The second kappa shape index (κ2) is 10.5. The highest BCUT2D eigenvalue weighted by atomic mass is 32.2. The number of benzene rings is 3. The number of halogens is 3. The molecule has 0 aliphatic heterocycles. The van der Waals surface area contributed by atoms with Gasteiger partial charge in [-0.2, -0.15) is 17.5 Å². The molecule has 0 aromatic heterocycles. The first-order valence-electron chi connectivity index (χ1n) is 10.7. The minimum absolute atomic E-state index is 0.0139. The standard InChI is InChI=1S/C24H23BF3NO5S/c1-2-29(35(32,33)21-9-7-19(25)8-10-21)15-17-14-18(24(26,27)28)6-11-22(17)34-20-5-3-4-16(12-20)13-23(30)31/h3-12,14H,2,13,15,25H2,1H3,(H,30,31). The lowest BCUT2D eigenvalue weighted by Crippen LogP contribution is -2.31. The molecule has 0 bridgehead atoms. The molecule has 3 aromatic rings. The molecule has 0 amide bonds. The normalized spacial score (nSPS) is 12.0. The monoisotopic (exact) mass is 505 g/mol. The lowest BCUT2D eigenvalue weighted by Gasteiger charge is -2.23. The number of carbonyl (C=O) groups is 1. The van der Waals surface area contributed by atoms with Gasteiger partial charge < -0.3 is 9.84 Å². The molecule has 0 saturated heterocycles. The fourth-order valence-electron chi connectivity index (χ4n) is 3.42. The average molecular weight is 505 g/mol. The van der Waals surface area contributed by atoms with E-state index >= 15 is 0 Å². The molecule has 35 heavy (non-hydrogen) atoms. The summed E-state index contributed by atoms with van der Waals surface area (Å²) >= 11 is 0. The number of aliphatic carboxylic acids is 1. The van der Waals surface area contributed by atoms with Gasteiger partial charge in [0, 0.05) is 18.7 Å². The molecule has 1 N–H and O–H groups in total. The molecule has 0 unspecified atom stereocenters. The lowest BCUT2D eigenvalue weighted by molar-refractivity contribution is -0.138. The Balaban J connectivity index is 2.00. The predicted octanol–water partition coefficient (Wildman–Crippen LogP) is 3.59. The van der Waals surface area contributed by atoms with Gasteiger partial charge in [0.15, 0.2) is 0 Å². The highest BCUT2D eigenvalue weighted by Gasteiger charge is 2.32. The van der Waals surface area contributed by atoms with E-state index in [1.54, 1.807) is 31.2 Å². The van der Waals surface area contributed by atoms with Crippen molar-refractivity contribution in [3.05, 3.63) is 83.4 Å². The quantitative estimate of drug-likeness (QED) is 0.450. The van der Waals surface area contributed by atoms with E-state index in [-0.39, 0.29) is 41.5 Å². The largest absolute Gasteiger partial charge is 0.481 e. The first-order chi connectivity index (χ1) is 16.4. The second-order valence-corrected chi connectivity index (χ2v) is 9.82. The number of carboxylic acids is 1. The van der Waals surface area contributed by atoms with Crippen molar-refractivity contribution in [2.45, 2.75) is 31.0 Å². The van der Waals surface area contributed by atoms with Gasteiger partial charge in [-0.1, -0.05) is 36.7 Å². The molecule has 0 radical (unpaired) electrons. The fraction of sp³-hybridized carbons (Fsp3) is 0.208. The van der Waals surface area contributed by atoms with Crippen LogP contribution in [0.25, 0.3) is 0 Å². The Morgan fingerprint density at radius 3 is 2.34 bits per heavy atom. The molecule has 11 heteroatoms. The Labute approximate surface area is 202 Å². The van der Waals surface area contributed by atoms with Crippen LogP contribution in [0.1, 0.15) is 23.6 Å². The Hall–Kier alpha value is -3.31. The molecule has 0 saturated carbocycles. The third-order valence-corrected chi connectivity index (χ3v) is 7.16. The summed E-state index contributed by atoms with van der Waals surface area (Å²) < 4.78 is 73.5. The van der Waals surface area contributed by atoms with E-state index in [9.17, 15) is 26.4 Å². The highest BCUT2D eigenvalue weighted by Crippen LogP contribution is 2.35. The van der Waals surface area contributed by atoms with Crippen LogP contribution in [0.3, 0.4) is 0 Å². The molecule has 0 atom stereocenters. The summed E-state index contributed by atoms with van der Waals surface area (Å²) in [5, 5.41) is 9.00. The zero-order valence-electron chi connectivity index (χ0n) is 19.0. The van der Waals surface area contributed by atoms with Crippen LogP contribution in [-0.2, 0) is 34.0 Å². The summed E-state index contributed by atoms with van der Waals surface area (Å²) in [5.41, 5.74) is 0.385. The first kappa shape index (κ1) is 26.3. The summed E-state index contributed by atoms with van der Waals surface area (Å²) in [6.07, 6.45) is -4.89. The van der Waals surface area contributed by atoms with Crippen molar-refractivity contribution in [2.75, 3.05) is 6.54 Å². The van der Waals surface area contributed by atoms with Crippen molar-refractivity contribution in [3.8, 4) is 11.5 Å². The third-order valence-electron chi connectivity index (χ3n) is 5.23. The third kappa shape index (κ3) is 6.64. The van der Waals surface area contributed by atoms with E-state index in [0.717, 1.165) is 28.0 Å². The van der Waals surface area contributed by atoms with Crippen LogP contribution in [0, 0.1) is 0 Å². The number of carboxylic acid groups (broad SMARTS) is 1. The van der Waals surface area contributed by atoms with Gasteiger partial charge in [-0.15, -0.1) is 0 Å². The van der Waals surface area contributed by atoms with Gasteiger partial charge in [-0.25, -0.2) is 8.42 Å². The summed E-state index contributed by atoms with van der Waals surface area (Å²) in [4.78, 5) is 11.0. The molecular formula is C24H23BF3NO5S. The Kier molecular flexibility index (Phi) is 7.91. The van der Waals surface area contributed by atoms with Crippen molar-refractivity contribution in [1.82, 2.24) is 4.31 Å². The van der Waals surface area contributed by atoms with Crippen LogP contribution >= 0.6 is 0 Å². The van der Waals surface area contributed by atoms with Gasteiger partial charge >= 0.3 is 12.1 Å². The summed E-state index contributed by atoms with van der Waals surface area (Å²) in [6, 6.07) is 15.2. The summed E-state index contributed by atoms with van der Waals surface area (Å²) in [7, 11) is -2.18. The van der Waals surface area contributed by atoms with Crippen molar-refractivity contribution in [1.29, 1.82) is 0 Å². The van der Waals surface area contributed by atoms with Gasteiger partial charge in [0.1, 0.15) is 19.3 Å².